The lowest BCUT2D eigenvalue weighted by Crippen LogP contribution is -2.61. The molecule has 2 saturated heterocycles. The summed E-state index contributed by atoms with van der Waals surface area (Å²) in [6, 6.07) is 1.36. The molecule has 21 heteroatoms. The van der Waals surface area contributed by atoms with Crippen molar-refractivity contribution in [3.63, 3.8) is 0 Å². The van der Waals surface area contributed by atoms with Gasteiger partial charge in [-0.2, -0.15) is 4.31 Å². The van der Waals surface area contributed by atoms with Gasteiger partial charge < -0.3 is 50.1 Å². The number of rotatable bonds is 10. The zero-order valence-corrected chi connectivity index (χ0v) is 21.2. The summed E-state index contributed by atoms with van der Waals surface area (Å²) < 4.78 is 49.8. The van der Waals surface area contributed by atoms with Crippen molar-refractivity contribution in [3.05, 3.63) is 28.9 Å². The van der Waals surface area contributed by atoms with Crippen LogP contribution in [0.4, 0.5) is 0 Å². The van der Waals surface area contributed by atoms with Crippen LogP contribution in [-0.2, 0) is 32.0 Å². The van der Waals surface area contributed by atoms with Crippen molar-refractivity contribution in [1.82, 2.24) is 9.55 Å². The number of aliphatic hydroxyl groups excluding tert-OH is 7. The summed E-state index contributed by atoms with van der Waals surface area (Å²) in [7, 11) is -5.48. The van der Waals surface area contributed by atoms with E-state index in [9.17, 15) is 49.5 Å². The van der Waals surface area contributed by atoms with Crippen LogP contribution in [0.2, 0.25) is 0 Å². The van der Waals surface area contributed by atoms with Crippen molar-refractivity contribution in [2.45, 2.75) is 61.3 Å². The molecule has 0 saturated carbocycles. The third-order valence-corrected chi connectivity index (χ3v) is 8.97. The number of thiol groups is 1. The number of nitrogens with zero attached hydrogens (tertiary/aromatic N) is 2. The van der Waals surface area contributed by atoms with Crippen LogP contribution >= 0.6 is 26.9 Å². The van der Waals surface area contributed by atoms with Gasteiger partial charge in [0, 0.05) is 12.4 Å². The van der Waals surface area contributed by atoms with Crippen molar-refractivity contribution in [3.8, 4) is 0 Å². The second-order valence-corrected chi connectivity index (χ2v) is 12.4. The summed E-state index contributed by atoms with van der Waals surface area (Å²) in [5.74, 6) is 0. The predicted octanol–water partition coefficient (Wildman–Crippen LogP) is -3.79. The van der Waals surface area contributed by atoms with Crippen molar-refractivity contribution < 1.29 is 72.6 Å². The maximum Gasteiger partial charge on any atom is 0.482 e. The molecule has 2 fully saturated rings. The Labute approximate surface area is 212 Å². The van der Waals surface area contributed by atoms with Gasteiger partial charge in [-0.15, -0.1) is 0 Å². The van der Waals surface area contributed by atoms with Gasteiger partial charge in [0.2, 0.25) is 0 Å². The highest BCUT2D eigenvalue weighted by molar-refractivity contribution is 8.45. The Bertz CT molecular complexity index is 1080. The molecule has 0 bridgehead atoms. The van der Waals surface area contributed by atoms with Crippen LogP contribution in [0.25, 0.3) is 0 Å². The number of phosphoric acid groups is 1. The van der Waals surface area contributed by atoms with Gasteiger partial charge in [-0.1, -0.05) is 12.2 Å². The van der Waals surface area contributed by atoms with E-state index in [1.165, 1.54) is 18.5 Å². The van der Waals surface area contributed by atoms with Gasteiger partial charge >= 0.3 is 20.3 Å². The Kier molecular flexibility index (Phi) is 10.1. The highest BCUT2D eigenvalue weighted by Gasteiger charge is 2.50. The van der Waals surface area contributed by atoms with Gasteiger partial charge in [-0.25, -0.2) is 18.9 Å². The summed E-state index contributed by atoms with van der Waals surface area (Å²) in [5.41, 5.74) is -0.805. The maximum absolute atomic E-state index is 12.5. The molecule has 3 rings (SSSR count). The Hall–Kier alpha value is -0.830. The van der Waals surface area contributed by atoms with Crippen LogP contribution in [0.1, 0.15) is 6.23 Å². The number of hydrogen-bond donors (Lipinski definition) is 9. The van der Waals surface area contributed by atoms with Gasteiger partial charge in [-0.05, 0) is 6.07 Å². The highest BCUT2D eigenvalue weighted by atomic mass is 32.7. The molecule has 8 N–H and O–H groups in total. The summed E-state index contributed by atoms with van der Waals surface area (Å²) in [6.45, 7) is -6.59. The third-order valence-electron chi connectivity index (χ3n) is 5.37. The Morgan fingerprint density at radius 1 is 1.08 bits per heavy atom. The fourth-order valence-electron chi connectivity index (χ4n) is 3.51. The zero-order valence-electron chi connectivity index (χ0n) is 18.5. The summed E-state index contributed by atoms with van der Waals surface area (Å²) in [5, 5.41) is 68.8. The lowest BCUT2D eigenvalue weighted by atomic mass is 9.96. The smallest absolute Gasteiger partial charge is 0.394 e. The first-order valence-electron chi connectivity index (χ1n) is 10.4. The monoisotopic (exact) mass is 596 g/mol. The molecule has 1 aromatic heterocycles. The van der Waals surface area contributed by atoms with E-state index in [1.54, 1.807) is 0 Å². The molecule has 7 unspecified atom stereocenters. The van der Waals surface area contributed by atoms with Crippen LogP contribution < -0.4 is 5.69 Å². The average molecular weight is 596 g/mol. The fourth-order valence-corrected chi connectivity index (χ4v) is 6.70. The Morgan fingerprint density at radius 3 is 2.38 bits per heavy atom. The van der Waals surface area contributed by atoms with Gasteiger partial charge in [-0.3, -0.25) is 13.6 Å². The number of aliphatic hydroxyl groups is 7. The van der Waals surface area contributed by atoms with Crippen molar-refractivity contribution in [2.75, 3.05) is 13.2 Å². The van der Waals surface area contributed by atoms with E-state index in [0.717, 1.165) is 4.57 Å². The summed E-state index contributed by atoms with van der Waals surface area (Å²) in [6.07, 6.45) is -15.6. The first kappa shape index (κ1) is 30.7. The van der Waals surface area contributed by atoms with Crippen LogP contribution in [0.15, 0.2) is 23.3 Å². The lowest BCUT2D eigenvalue weighted by molar-refractivity contribution is -0.292. The van der Waals surface area contributed by atoms with Gasteiger partial charge in [0.15, 0.2) is 12.5 Å². The van der Waals surface area contributed by atoms with E-state index in [4.69, 9.17) is 19.1 Å². The molecule has 3 heterocycles. The molecule has 2 aliphatic heterocycles. The lowest BCUT2D eigenvalue weighted by Gasteiger charge is -2.41. The Balaban J connectivity index is 1.61. The van der Waals surface area contributed by atoms with Crippen LogP contribution in [0.3, 0.4) is 0 Å². The van der Waals surface area contributed by atoms with Gasteiger partial charge in [0.25, 0.3) is 0 Å². The number of aromatic nitrogens is 2. The number of hydrogen-bond acceptors (Lipinski definition) is 16. The highest BCUT2D eigenvalue weighted by Crippen LogP contribution is 2.66. The molecule has 0 amide bonds. The number of ether oxygens (including phenoxy) is 2. The normalized spacial score (nSPS) is 38.6. The van der Waals surface area contributed by atoms with Gasteiger partial charge in [0.05, 0.1) is 13.2 Å². The minimum absolute atomic E-state index is 0.805. The van der Waals surface area contributed by atoms with E-state index in [2.05, 4.69) is 26.1 Å². The molecule has 0 aromatic carbocycles. The summed E-state index contributed by atoms with van der Waals surface area (Å²) >= 11 is 3.52. The number of phosphoric ester groups is 1. The van der Waals surface area contributed by atoms with Crippen molar-refractivity contribution in [1.29, 1.82) is 0 Å². The molecule has 1 aromatic rings. The van der Waals surface area contributed by atoms with E-state index >= 15 is 0 Å². The molecule has 0 spiro atoms. The Morgan fingerprint density at radius 2 is 1.76 bits per heavy atom. The largest absolute Gasteiger partial charge is 0.482 e. The molecule has 212 valence electrons. The maximum atomic E-state index is 12.5. The predicted molar refractivity (Wildman–Crippen MR) is 119 cm³/mol. The SMILES string of the molecule is O=c1ncccn1[C@@H]1O[C@H](COP(=O)(S)OP(=O)(O)OC2OC([C@@H](O)CO)C(O)C(O)C2O)[C@@H](O)[C@H]1O. The van der Waals surface area contributed by atoms with E-state index in [0.29, 0.717) is 0 Å². The molecule has 0 aliphatic carbocycles. The van der Waals surface area contributed by atoms with E-state index in [-0.39, 0.29) is 0 Å². The molecule has 0 radical (unpaired) electrons. The average Bonchev–Trinajstić information content (AvgIpc) is 3.10. The minimum atomic E-state index is -5.48. The van der Waals surface area contributed by atoms with Gasteiger partial charge in [0.1, 0.15) is 48.8 Å². The molecular weight excluding hydrogens is 570 g/mol. The van der Waals surface area contributed by atoms with Crippen LogP contribution in [0, 0.1) is 0 Å². The summed E-state index contributed by atoms with van der Waals surface area (Å²) in [4.78, 5) is 25.3. The molecule has 2 aliphatic rings. The van der Waals surface area contributed by atoms with E-state index in [1.807, 2.05) is 0 Å². The van der Waals surface area contributed by atoms with Crippen LogP contribution in [0.5, 0.6) is 0 Å². The van der Waals surface area contributed by atoms with E-state index < -0.39 is 94.9 Å². The molecule has 18 nitrogen and oxygen atoms in total. The van der Waals surface area contributed by atoms with Crippen molar-refractivity contribution >= 4 is 26.9 Å². The quantitative estimate of drug-likeness (QED) is 0.0925. The minimum Gasteiger partial charge on any atom is -0.394 e. The third kappa shape index (κ3) is 7.23. The molecule has 12 atom stereocenters. The zero-order chi connectivity index (χ0) is 27.7. The van der Waals surface area contributed by atoms with Crippen LogP contribution in [-0.4, -0.2) is 119 Å². The molecular formula is C16H26N2O16P2S. The first-order chi connectivity index (χ1) is 17.2. The fraction of sp³-hybridized carbons (Fsp3) is 0.750. The molecule has 37 heavy (non-hydrogen) atoms. The second-order valence-electron chi connectivity index (χ2n) is 7.97. The van der Waals surface area contributed by atoms with Crippen molar-refractivity contribution in [2.24, 2.45) is 0 Å². The topological polar surface area (TPSA) is 277 Å². The second kappa shape index (κ2) is 12.1. The standard InChI is InChI=1S/C16H26N2O16P2S/c19-4-6(20)13-10(23)9(22)12(25)15(32-13)33-35(27,28)34-36(29,37)30-5-7-8(21)11(24)14(31-7)18-3-1-2-17-16(18)26/h1-3,6-15,19-25H,4-5H2,(H,27,28)(H,29,37)/t6-,7+,8+,9?,10?,11+,12?,13?,14+,15?,36?/m0/s1. The first-order valence-corrected chi connectivity index (χ1v) is 14.6.